The van der Waals surface area contributed by atoms with Crippen LogP contribution in [0.4, 0.5) is 0 Å². The van der Waals surface area contributed by atoms with Crippen molar-refractivity contribution >= 4 is 5.57 Å². The van der Waals surface area contributed by atoms with E-state index in [0.29, 0.717) is 6.04 Å². The zero-order valence-corrected chi connectivity index (χ0v) is 13.2. The third-order valence-corrected chi connectivity index (χ3v) is 4.96. The van der Waals surface area contributed by atoms with Crippen molar-refractivity contribution in [3.8, 4) is 0 Å². The maximum Gasteiger partial charge on any atom is 0.108 e. The van der Waals surface area contributed by atoms with Gasteiger partial charge in [-0.3, -0.25) is 0 Å². The summed E-state index contributed by atoms with van der Waals surface area (Å²) in [6, 6.07) is 22.2. The summed E-state index contributed by atoms with van der Waals surface area (Å²) in [4.78, 5) is 0. The van der Waals surface area contributed by atoms with Crippen molar-refractivity contribution in [2.75, 3.05) is 20.6 Å². The number of likely N-dealkylation sites (tertiary alicyclic amines) is 1. The quantitative estimate of drug-likeness (QED) is 0.716. The molecule has 0 amide bonds. The molecule has 1 saturated heterocycles. The fourth-order valence-corrected chi connectivity index (χ4v) is 3.31. The van der Waals surface area contributed by atoms with Crippen LogP contribution >= 0.6 is 0 Å². The highest BCUT2D eigenvalue weighted by Gasteiger charge is 2.36. The Labute approximate surface area is 128 Å². The first-order valence-corrected chi connectivity index (χ1v) is 7.76. The van der Waals surface area contributed by atoms with Gasteiger partial charge in [-0.25, -0.2) is 0 Å². The first kappa shape index (κ1) is 14.1. The van der Waals surface area contributed by atoms with Crippen LogP contribution in [0.15, 0.2) is 66.2 Å². The number of hydrogen-bond donors (Lipinski definition) is 0. The highest BCUT2D eigenvalue weighted by atomic mass is 15.3. The summed E-state index contributed by atoms with van der Waals surface area (Å²) in [5, 5.41) is 0. The zero-order chi connectivity index (χ0) is 14.9. The third kappa shape index (κ3) is 2.66. The van der Waals surface area contributed by atoms with Crippen LogP contribution in [0.1, 0.15) is 24.5 Å². The topological polar surface area (TPSA) is 0 Å². The first-order valence-electron chi connectivity index (χ1n) is 7.76. The summed E-state index contributed by atoms with van der Waals surface area (Å²) in [5.41, 5.74) is 5.71. The Morgan fingerprint density at radius 3 is 1.71 bits per heavy atom. The van der Waals surface area contributed by atoms with E-state index in [4.69, 9.17) is 0 Å². The van der Waals surface area contributed by atoms with Gasteiger partial charge in [0.25, 0.3) is 0 Å². The molecule has 1 fully saturated rings. The van der Waals surface area contributed by atoms with E-state index in [2.05, 4.69) is 81.7 Å². The first-order chi connectivity index (χ1) is 10.1. The second-order valence-electron chi connectivity index (χ2n) is 6.56. The highest BCUT2D eigenvalue weighted by Crippen LogP contribution is 2.37. The Morgan fingerprint density at radius 1 is 0.857 bits per heavy atom. The number of quaternary nitrogens is 1. The lowest BCUT2D eigenvalue weighted by Crippen LogP contribution is -2.42. The molecule has 1 aliphatic heterocycles. The molecule has 3 rings (SSSR count). The molecule has 1 atom stereocenters. The van der Waals surface area contributed by atoms with E-state index in [1.165, 1.54) is 29.7 Å². The number of likely N-dealkylation sites (N-methyl/N-ethyl adjacent to an activating group) is 1. The normalized spacial score (nSPS) is 20.5. The van der Waals surface area contributed by atoms with E-state index < -0.39 is 0 Å². The predicted molar refractivity (Wildman–Crippen MR) is 90.0 cm³/mol. The highest BCUT2D eigenvalue weighted by molar-refractivity contribution is 5.82. The summed E-state index contributed by atoms with van der Waals surface area (Å²) >= 11 is 0. The zero-order valence-electron chi connectivity index (χ0n) is 13.2. The molecule has 0 radical (unpaired) electrons. The lowest BCUT2D eigenvalue weighted by Gasteiger charge is -2.30. The van der Waals surface area contributed by atoms with Crippen molar-refractivity contribution in [3.05, 3.63) is 77.4 Å². The number of rotatable bonds is 2. The smallest absolute Gasteiger partial charge is 0.108 e. The van der Waals surface area contributed by atoms with Crippen LogP contribution in [0.5, 0.6) is 0 Å². The molecule has 2 aromatic rings. The molecule has 108 valence electrons. The molecule has 0 spiro atoms. The standard InChI is InChI=1S/C20H24N/c1-16-19(14-15-21(16,2)3)20(17-10-6-4-7-11-17)18-12-8-5-9-13-18/h4-13,16H,14-15H2,1-3H3/q+1. The number of benzene rings is 2. The largest absolute Gasteiger partial charge is 0.322 e. The molecular formula is C20H24N+. The molecule has 0 bridgehead atoms. The molecule has 2 aromatic carbocycles. The molecule has 1 heteroatoms. The van der Waals surface area contributed by atoms with Crippen molar-refractivity contribution in [1.29, 1.82) is 0 Å². The molecule has 0 aromatic heterocycles. The van der Waals surface area contributed by atoms with E-state index in [-0.39, 0.29) is 0 Å². The van der Waals surface area contributed by atoms with Crippen molar-refractivity contribution in [2.24, 2.45) is 0 Å². The van der Waals surface area contributed by atoms with E-state index in [1.807, 2.05) is 0 Å². The van der Waals surface area contributed by atoms with Gasteiger partial charge in [-0.05, 0) is 23.6 Å². The molecule has 0 N–H and O–H groups in total. The van der Waals surface area contributed by atoms with Gasteiger partial charge in [0.05, 0.1) is 20.6 Å². The van der Waals surface area contributed by atoms with Crippen molar-refractivity contribution in [3.63, 3.8) is 0 Å². The Morgan fingerprint density at radius 2 is 1.33 bits per heavy atom. The molecule has 1 nitrogen and oxygen atoms in total. The minimum atomic E-state index is 0.570. The van der Waals surface area contributed by atoms with Crippen molar-refractivity contribution in [1.82, 2.24) is 0 Å². The summed E-state index contributed by atoms with van der Waals surface area (Å²) in [5.74, 6) is 0. The van der Waals surface area contributed by atoms with Crippen molar-refractivity contribution in [2.45, 2.75) is 19.4 Å². The average Bonchev–Trinajstić information content (AvgIpc) is 2.77. The van der Waals surface area contributed by atoms with Crippen LogP contribution in [0.3, 0.4) is 0 Å². The van der Waals surface area contributed by atoms with Gasteiger partial charge in [-0.1, -0.05) is 60.7 Å². The SMILES string of the molecule is CC1C(=C(c2ccccc2)c2ccccc2)CC[N+]1(C)C. The van der Waals surface area contributed by atoms with Crippen LogP contribution in [0, 0.1) is 0 Å². The summed E-state index contributed by atoms with van der Waals surface area (Å²) in [6.07, 6.45) is 1.19. The van der Waals surface area contributed by atoms with Gasteiger partial charge < -0.3 is 4.48 Å². The number of nitrogens with zero attached hydrogens (tertiary/aromatic N) is 1. The summed E-state index contributed by atoms with van der Waals surface area (Å²) in [6.45, 7) is 3.59. The lowest BCUT2D eigenvalue weighted by molar-refractivity contribution is -0.897. The van der Waals surface area contributed by atoms with E-state index in [1.54, 1.807) is 5.57 Å². The van der Waals surface area contributed by atoms with Crippen LogP contribution in [-0.2, 0) is 0 Å². The minimum absolute atomic E-state index is 0.570. The Balaban J connectivity index is 2.19. The fraction of sp³-hybridized carbons (Fsp3) is 0.300. The second kappa shape index (κ2) is 5.50. The maximum absolute atomic E-state index is 2.37. The van der Waals surface area contributed by atoms with E-state index in [0.717, 1.165) is 4.48 Å². The Hall–Kier alpha value is -1.86. The predicted octanol–water partition coefficient (Wildman–Crippen LogP) is 4.36. The molecule has 1 aliphatic rings. The monoisotopic (exact) mass is 278 g/mol. The van der Waals surface area contributed by atoms with Gasteiger partial charge in [0.1, 0.15) is 6.04 Å². The van der Waals surface area contributed by atoms with Crippen LogP contribution in [0.25, 0.3) is 5.57 Å². The van der Waals surface area contributed by atoms with Gasteiger partial charge in [0.15, 0.2) is 0 Å². The van der Waals surface area contributed by atoms with E-state index in [9.17, 15) is 0 Å². The van der Waals surface area contributed by atoms with Crippen LogP contribution < -0.4 is 0 Å². The summed E-state index contributed by atoms with van der Waals surface area (Å²) in [7, 11) is 4.68. The molecule has 1 unspecified atom stereocenters. The van der Waals surface area contributed by atoms with Gasteiger partial charge in [0, 0.05) is 12.0 Å². The minimum Gasteiger partial charge on any atom is -0.322 e. The summed E-state index contributed by atoms with van der Waals surface area (Å²) < 4.78 is 1.08. The molecule has 0 aliphatic carbocycles. The van der Waals surface area contributed by atoms with Gasteiger partial charge in [-0.15, -0.1) is 0 Å². The fourth-order valence-electron chi connectivity index (χ4n) is 3.31. The lowest BCUT2D eigenvalue weighted by atomic mass is 9.90. The molecule has 1 heterocycles. The van der Waals surface area contributed by atoms with Gasteiger partial charge >= 0.3 is 0 Å². The van der Waals surface area contributed by atoms with Crippen LogP contribution in [-0.4, -0.2) is 31.2 Å². The number of hydrogen-bond acceptors (Lipinski definition) is 0. The Bertz CT molecular complexity index is 597. The van der Waals surface area contributed by atoms with Crippen LogP contribution in [0.2, 0.25) is 0 Å². The average molecular weight is 278 g/mol. The Kier molecular flexibility index (Phi) is 3.69. The molecule has 0 saturated carbocycles. The maximum atomic E-state index is 2.37. The second-order valence-corrected chi connectivity index (χ2v) is 6.56. The molecular weight excluding hydrogens is 254 g/mol. The third-order valence-electron chi connectivity index (χ3n) is 4.96. The van der Waals surface area contributed by atoms with Gasteiger partial charge in [-0.2, -0.15) is 0 Å². The molecule has 21 heavy (non-hydrogen) atoms. The van der Waals surface area contributed by atoms with Crippen molar-refractivity contribution < 1.29 is 4.48 Å². The van der Waals surface area contributed by atoms with E-state index >= 15 is 0 Å². The van der Waals surface area contributed by atoms with Gasteiger partial charge in [0.2, 0.25) is 0 Å².